The summed E-state index contributed by atoms with van der Waals surface area (Å²) in [6, 6.07) is 9.74. The molecule has 0 bridgehead atoms. The highest BCUT2D eigenvalue weighted by atomic mass is 16.5. The molecule has 0 atom stereocenters. The number of nitrogen functional groups attached to an aromatic ring is 2. The third-order valence-electron chi connectivity index (χ3n) is 3.50. The minimum Gasteiger partial charge on any atom is -0.397 e. The summed E-state index contributed by atoms with van der Waals surface area (Å²) in [6.45, 7) is 3.30. The van der Waals surface area contributed by atoms with E-state index < -0.39 is 0 Å². The van der Waals surface area contributed by atoms with Gasteiger partial charge in [-0.3, -0.25) is 0 Å². The SMILES string of the molecule is Nc1ccc(-c2ccc(N3CCOCC3)nc2)cc1N. The van der Waals surface area contributed by atoms with Gasteiger partial charge < -0.3 is 21.1 Å². The fourth-order valence-electron chi connectivity index (χ4n) is 2.29. The van der Waals surface area contributed by atoms with Crippen molar-refractivity contribution < 1.29 is 4.74 Å². The Labute approximate surface area is 118 Å². The molecule has 1 saturated heterocycles. The Morgan fingerprint density at radius 2 is 1.70 bits per heavy atom. The van der Waals surface area contributed by atoms with Gasteiger partial charge in [0.15, 0.2) is 0 Å². The highest BCUT2D eigenvalue weighted by Crippen LogP contribution is 2.26. The monoisotopic (exact) mass is 270 g/mol. The average Bonchev–Trinajstić information content (AvgIpc) is 2.51. The maximum atomic E-state index is 5.84. The zero-order valence-corrected chi connectivity index (χ0v) is 11.2. The van der Waals surface area contributed by atoms with Crippen molar-refractivity contribution in [2.24, 2.45) is 0 Å². The highest BCUT2D eigenvalue weighted by molar-refractivity contribution is 5.74. The first-order valence-electron chi connectivity index (χ1n) is 6.68. The largest absolute Gasteiger partial charge is 0.397 e. The van der Waals surface area contributed by atoms with Crippen LogP contribution in [-0.4, -0.2) is 31.3 Å². The first-order chi connectivity index (χ1) is 9.74. The van der Waals surface area contributed by atoms with Gasteiger partial charge in [-0.15, -0.1) is 0 Å². The second-order valence-corrected chi connectivity index (χ2v) is 4.85. The van der Waals surface area contributed by atoms with Crippen LogP contribution in [0.4, 0.5) is 17.2 Å². The molecule has 5 heteroatoms. The Kier molecular flexibility index (Phi) is 3.43. The van der Waals surface area contributed by atoms with Crippen LogP contribution >= 0.6 is 0 Å². The van der Waals surface area contributed by atoms with Crippen molar-refractivity contribution in [1.29, 1.82) is 0 Å². The number of ether oxygens (including phenoxy) is 1. The van der Waals surface area contributed by atoms with Gasteiger partial charge in [0.05, 0.1) is 24.6 Å². The van der Waals surface area contributed by atoms with Gasteiger partial charge in [-0.1, -0.05) is 6.07 Å². The second kappa shape index (κ2) is 5.38. The van der Waals surface area contributed by atoms with Gasteiger partial charge in [0.2, 0.25) is 0 Å². The van der Waals surface area contributed by atoms with E-state index in [0.29, 0.717) is 11.4 Å². The van der Waals surface area contributed by atoms with E-state index in [0.717, 1.165) is 43.2 Å². The van der Waals surface area contributed by atoms with Crippen LogP contribution in [0.1, 0.15) is 0 Å². The van der Waals surface area contributed by atoms with Crippen LogP contribution in [0.3, 0.4) is 0 Å². The Bertz CT molecular complexity index is 591. The van der Waals surface area contributed by atoms with Crippen molar-refractivity contribution in [3.05, 3.63) is 36.5 Å². The van der Waals surface area contributed by atoms with E-state index in [-0.39, 0.29) is 0 Å². The van der Waals surface area contributed by atoms with E-state index in [9.17, 15) is 0 Å². The maximum absolute atomic E-state index is 5.84. The molecule has 104 valence electrons. The summed E-state index contributed by atoms with van der Waals surface area (Å²) in [6.07, 6.45) is 1.87. The quantitative estimate of drug-likeness (QED) is 0.813. The number of nitrogens with zero attached hydrogens (tertiary/aromatic N) is 2. The first kappa shape index (κ1) is 12.7. The predicted octanol–water partition coefficient (Wildman–Crippen LogP) is 1.75. The van der Waals surface area contributed by atoms with E-state index in [1.54, 1.807) is 0 Å². The number of anilines is 3. The normalized spacial score (nSPS) is 15.3. The summed E-state index contributed by atoms with van der Waals surface area (Å²) in [4.78, 5) is 6.76. The first-order valence-corrected chi connectivity index (χ1v) is 6.68. The Balaban J connectivity index is 1.83. The van der Waals surface area contributed by atoms with Gasteiger partial charge >= 0.3 is 0 Å². The zero-order valence-electron chi connectivity index (χ0n) is 11.2. The molecule has 0 radical (unpaired) electrons. The molecule has 1 fully saturated rings. The number of nitrogens with two attached hydrogens (primary N) is 2. The summed E-state index contributed by atoms with van der Waals surface area (Å²) < 4.78 is 5.34. The van der Waals surface area contributed by atoms with E-state index in [4.69, 9.17) is 16.2 Å². The number of hydrogen-bond acceptors (Lipinski definition) is 5. The van der Waals surface area contributed by atoms with E-state index >= 15 is 0 Å². The van der Waals surface area contributed by atoms with Crippen molar-refractivity contribution in [3.63, 3.8) is 0 Å². The number of morpholine rings is 1. The second-order valence-electron chi connectivity index (χ2n) is 4.85. The number of hydrogen-bond donors (Lipinski definition) is 2. The van der Waals surface area contributed by atoms with Crippen molar-refractivity contribution in [3.8, 4) is 11.1 Å². The predicted molar refractivity (Wildman–Crippen MR) is 81.5 cm³/mol. The molecule has 0 amide bonds. The topological polar surface area (TPSA) is 77.4 Å². The van der Waals surface area contributed by atoms with Gasteiger partial charge in [0.25, 0.3) is 0 Å². The van der Waals surface area contributed by atoms with Gasteiger partial charge in [0.1, 0.15) is 5.82 Å². The van der Waals surface area contributed by atoms with Crippen LogP contribution in [0.2, 0.25) is 0 Å². The minimum absolute atomic E-state index is 0.597. The van der Waals surface area contributed by atoms with Crippen molar-refractivity contribution in [2.75, 3.05) is 42.7 Å². The summed E-state index contributed by atoms with van der Waals surface area (Å²) in [5.41, 5.74) is 14.8. The van der Waals surface area contributed by atoms with Gasteiger partial charge in [-0.25, -0.2) is 4.98 Å². The van der Waals surface area contributed by atoms with Crippen molar-refractivity contribution >= 4 is 17.2 Å². The number of pyridine rings is 1. The van der Waals surface area contributed by atoms with E-state index in [2.05, 4.69) is 16.0 Å². The Hall–Kier alpha value is -2.27. The summed E-state index contributed by atoms with van der Waals surface area (Å²) in [7, 11) is 0. The lowest BCUT2D eigenvalue weighted by atomic mass is 10.1. The zero-order chi connectivity index (χ0) is 13.9. The molecule has 1 aliphatic heterocycles. The molecule has 0 saturated carbocycles. The highest BCUT2D eigenvalue weighted by Gasteiger charge is 2.12. The molecule has 3 rings (SSSR count). The Morgan fingerprint density at radius 3 is 2.35 bits per heavy atom. The molecule has 1 aromatic heterocycles. The van der Waals surface area contributed by atoms with Crippen LogP contribution < -0.4 is 16.4 Å². The molecule has 4 N–H and O–H groups in total. The van der Waals surface area contributed by atoms with Crippen LogP contribution in [0, 0.1) is 0 Å². The smallest absolute Gasteiger partial charge is 0.128 e. The molecule has 1 aromatic carbocycles. The lowest BCUT2D eigenvalue weighted by molar-refractivity contribution is 0.122. The van der Waals surface area contributed by atoms with Crippen LogP contribution in [0.5, 0.6) is 0 Å². The number of rotatable bonds is 2. The van der Waals surface area contributed by atoms with E-state index in [1.807, 2.05) is 30.5 Å². The van der Waals surface area contributed by atoms with Crippen LogP contribution in [0.15, 0.2) is 36.5 Å². The average molecular weight is 270 g/mol. The summed E-state index contributed by atoms with van der Waals surface area (Å²) >= 11 is 0. The molecular formula is C15H18N4O. The molecule has 0 spiro atoms. The number of benzene rings is 1. The molecule has 2 heterocycles. The molecule has 20 heavy (non-hydrogen) atoms. The van der Waals surface area contributed by atoms with Crippen molar-refractivity contribution in [1.82, 2.24) is 4.98 Å². The van der Waals surface area contributed by atoms with Crippen LogP contribution in [-0.2, 0) is 4.74 Å². The Morgan fingerprint density at radius 1 is 0.950 bits per heavy atom. The third kappa shape index (κ3) is 2.53. The lowest BCUT2D eigenvalue weighted by Gasteiger charge is -2.27. The maximum Gasteiger partial charge on any atom is 0.128 e. The van der Waals surface area contributed by atoms with Gasteiger partial charge in [-0.05, 0) is 29.8 Å². The van der Waals surface area contributed by atoms with E-state index in [1.165, 1.54) is 0 Å². The molecule has 2 aromatic rings. The molecule has 1 aliphatic rings. The van der Waals surface area contributed by atoms with Crippen molar-refractivity contribution in [2.45, 2.75) is 0 Å². The van der Waals surface area contributed by atoms with Gasteiger partial charge in [-0.2, -0.15) is 0 Å². The van der Waals surface area contributed by atoms with Gasteiger partial charge in [0, 0.05) is 24.8 Å². The molecular weight excluding hydrogens is 252 g/mol. The fraction of sp³-hybridized carbons (Fsp3) is 0.267. The minimum atomic E-state index is 0.597. The standard InChI is InChI=1S/C15H18N4O/c16-13-3-1-11(9-14(13)17)12-2-4-15(18-10-12)19-5-7-20-8-6-19/h1-4,9-10H,5-8,16-17H2. The summed E-state index contributed by atoms with van der Waals surface area (Å²) in [5.74, 6) is 0.987. The molecule has 5 nitrogen and oxygen atoms in total. The number of aromatic nitrogens is 1. The fourth-order valence-corrected chi connectivity index (χ4v) is 2.29. The lowest BCUT2D eigenvalue weighted by Crippen LogP contribution is -2.36. The molecule has 0 aliphatic carbocycles. The molecule has 0 unspecified atom stereocenters. The summed E-state index contributed by atoms with van der Waals surface area (Å²) in [5, 5.41) is 0. The third-order valence-corrected chi connectivity index (χ3v) is 3.50. The van der Waals surface area contributed by atoms with Crippen LogP contribution in [0.25, 0.3) is 11.1 Å².